The second-order valence-corrected chi connectivity index (χ2v) is 6.75. The Balaban J connectivity index is 0.00000163. The molecule has 2 aromatic rings. The normalized spacial score (nSPS) is 11.3. The fourth-order valence-electron chi connectivity index (χ4n) is 2.01. The first-order valence-corrected chi connectivity index (χ1v) is 9.30. The monoisotopic (exact) mass is 386 g/mol. The molecule has 0 spiro atoms. The van der Waals surface area contributed by atoms with Gasteiger partial charge in [-0.1, -0.05) is 26.5 Å². The van der Waals surface area contributed by atoms with Gasteiger partial charge >= 0.3 is 6.18 Å². The largest absolute Gasteiger partial charge is 0.416 e. The lowest BCUT2D eigenvalue weighted by molar-refractivity contribution is -0.137. The molecule has 0 aliphatic carbocycles. The molecule has 0 aliphatic rings. The third-order valence-electron chi connectivity index (χ3n) is 3.31. The topological polar surface area (TPSA) is 58.2 Å². The molecule has 2 N–H and O–H groups in total. The number of sulfonamides is 1. The van der Waals surface area contributed by atoms with E-state index in [0.29, 0.717) is 16.9 Å². The van der Waals surface area contributed by atoms with Crippen LogP contribution in [-0.2, 0) is 16.2 Å². The van der Waals surface area contributed by atoms with Crippen LogP contribution in [0.25, 0.3) is 6.08 Å². The summed E-state index contributed by atoms with van der Waals surface area (Å²) >= 11 is 0. The molecule has 0 saturated carbocycles. The van der Waals surface area contributed by atoms with E-state index in [1.54, 1.807) is 0 Å². The summed E-state index contributed by atoms with van der Waals surface area (Å²) in [5.41, 5.74) is 0.730. The van der Waals surface area contributed by atoms with Crippen molar-refractivity contribution in [2.75, 3.05) is 12.4 Å². The predicted molar refractivity (Wildman–Crippen MR) is 98.9 cm³/mol. The fraction of sp³-hybridized carbons (Fsp3) is 0.222. The molecule has 26 heavy (non-hydrogen) atoms. The van der Waals surface area contributed by atoms with Crippen LogP contribution in [0.1, 0.15) is 25.0 Å². The van der Waals surface area contributed by atoms with Crippen molar-refractivity contribution in [3.05, 3.63) is 60.2 Å². The minimum absolute atomic E-state index is 0.0675. The van der Waals surface area contributed by atoms with Gasteiger partial charge in [-0.05, 0) is 55.1 Å². The van der Waals surface area contributed by atoms with Gasteiger partial charge in [-0.3, -0.25) is 0 Å². The molecule has 0 aromatic heterocycles. The minimum Gasteiger partial charge on any atom is -0.355 e. The lowest BCUT2D eigenvalue weighted by atomic mass is 10.1. The molecule has 0 saturated heterocycles. The Morgan fingerprint density at radius 3 is 2.08 bits per heavy atom. The van der Waals surface area contributed by atoms with Crippen molar-refractivity contribution in [1.82, 2.24) is 4.72 Å². The maximum absolute atomic E-state index is 12.6. The van der Waals surface area contributed by atoms with Crippen molar-refractivity contribution >= 4 is 27.5 Å². The van der Waals surface area contributed by atoms with Crippen molar-refractivity contribution in [3.8, 4) is 0 Å². The van der Waals surface area contributed by atoms with Crippen LogP contribution in [0, 0.1) is 0 Å². The fourth-order valence-corrected chi connectivity index (χ4v) is 2.77. The van der Waals surface area contributed by atoms with Crippen LogP contribution in [0.3, 0.4) is 0 Å². The molecule has 0 radical (unpaired) electrons. The molecule has 0 aliphatic heterocycles. The number of hydrogen-bond acceptors (Lipinski definition) is 3. The third-order valence-corrected chi connectivity index (χ3v) is 4.73. The van der Waals surface area contributed by atoms with Crippen molar-refractivity contribution in [1.29, 1.82) is 0 Å². The Kier molecular flexibility index (Phi) is 7.41. The van der Waals surface area contributed by atoms with E-state index >= 15 is 0 Å². The zero-order chi connectivity index (χ0) is 20.0. The van der Waals surface area contributed by atoms with Crippen LogP contribution in [0.2, 0.25) is 0 Å². The number of nitrogens with one attached hydrogen (secondary N) is 2. The molecule has 2 rings (SSSR count). The Hall–Kier alpha value is -2.32. The molecular formula is C18H21F3N2O2S. The highest BCUT2D eigenvalue weighted by Crippen LogP contribution is 2.31. The zero-order valence-corrected chi connectivity index (χ0v) is 15.5. The molecule has 4 nitrogen and oxygen atoms in total. The van der Waals surface area contributed by atoms with Gasteiger partial charge in [-0.25, -0.2) is 13.1 Å². The van der Waals surface area contributed by atoms with Gasteiger partial charge in [0.15, 0.2) is 0 Å². The van der Waals surface area contributed by atoms with Crippen LogP contribution in [0.5, 0.6) is 0 Å². The summed E-state index contributed by atoms with van der Waals surface area (Å²) < 4.78 is 63.5. The highest BCUT2D eigenvalue weighted by molar-refractivity contribution is 7.89. The molecule has 2 aromatic carbocycles. The number of anilines is 2. The predicted octanol–water partition coefficient (Wildman–Crippen LogP) is 5.03. The van der Waals surface area contributed by atoms with E-state index in [4.69, 9.17) is 0 Å². The number of alkyl halides is 3. The van der Waals surface area contributed by atoms with E-state index in [1.165, 1.54) is 43.5 Å². The van der Waals surface area contributed by atoms with E-state index in [1.807, 2.05) is 13.8 Å². The molecule has 142 valence electrons. The SMILES string of the molecule is C=Cc1cc(S(=O)(=O)NC)ccc1Nc1ccc(C(F)(F)F)cc1.CC. The first kappa shape index (κ1) is 21.7. The van der Waals surface area contributed by atoms with Gasteiger partial charge in [0.1, 0.15) is 0 Å². The van der Waals surface area contributed by atoms with Crippen LogP contribution in [0.4, 0.5) is 24.5 Å². The molecule has 0 fully saturated rings. The van der Waals surface area contributed by atoms with Gasteiger partial charge in [0, 0.05) is 11.4 Å². The van der Waals surface area contributed by atoms with Crippen molar-refractivity contribution < 1.29 is 21.6 Å². The van der Waals surface area contributed by atoms with E-state index in [-0.39, 0.29) is 4.90 Å². The van der Waals surface area contributed by atoms with Gasteiger partial charge in [-0.2, -0.15) is 13.2 Å². The maximum Gasteiger partial charge on any atom is 0.416 e. The quantitative estimate of drug-likeness (QED) is 0.758. The van der Waals surface area contributed by atoms with Gasteiger partial charge in [-0.15, -0.1) is 0 Å². The van der Waals surface area contributed by atoms with Crippen LogP contribution in [0.15, 0.2) is 53.9 Å². The zero-order valence-electron chi connectivity index (χ0n) is 14.7. The summed E-state index contributed by atoms with van der Waals surface area (Å²) in [6, 6.07) is 8.88. The Labute approximate surface area is 151 Å². The van der Waals surface area contributed by atoms with E-state index in [0.717, 1.165) is 12.1 Å². The van der Waals surface area contributed by atoms with Crippen LogP contribution in [-0.4, -0.2) is 15.5 Å². The summed E-state index contributed by atoms with van der Waals surface area (Å²) in [6.07, 6.45) is -2.94. The first-order valence-electron chi connectivity index (χ1n) is 7.81. The van der Waals surface area contributed by atoms with Crippen molar-refractivity contribution in [2.45, 2.75) is 24.9 Å². The smallest absolute Gasteiger partial charge is 0.355 e. The standard InChI is InChI=1S/C16H15F3N2O2S.C2H6/c1-3-11-10-14(24(22,23)20-2)8-9-15(11)21-13-6-4-12(5-7-13)16(17,18)19;1-2/h3-10,20-21H,1H2,2H3;1-2H3. The second-order valence-electron chi connectivity index (χ2n) is 4.86. The molecule has 0 atom stereocenters. The maximum atomic E-state index is 12.6. The molecule has 0 amide bonds. The van der Waals surface area contributed by atoms with Crippen molar-refractivity contribution in [3.63, 3.8) is 0 Å². The lowest BCUT2D eigenvalue weighted by Gasteiger charge is -2.13. The van der Waals surface area contributed by atoms with Crippen LogP contribution >= 0.6 is 0 Å². The number of hydrogen-bond donors (Lipinski definition) is 2. The third kappa shape index (κ3) is 5.34. The number of benzene rings is 2. The number of halogens is 3. The molecule has 8 heteroatoms. The van der Waals surface area contributed by atoms with Gasteiger partial charge in [0.25, 0.3) is 0 Å². The summed E-state index contributed by atoms with van der Waals surface area (Å²) in [5.74, 6) is 0. The summed E-state index contributed by atoms with van der Waals surface area (Å²) in [5, 5.41) is 2.94. The van der Waals surface area contributed by atoms with E-state index < -0.39 is 21.8 Å². The Morgan fingerprint density at radius 1 is 1.04 bits per heavy atom. The summed E-state index contributed by atoms with van der Waals surface area (Å²) in [7, 11) is -2.29. The Morgan fingerprint density at radius 2 is 1.62 bits per heavy atom. The summed E-state index contributed by atoms with van der Waals surface area (Å²) in [6.45, 7) is 7.62. The van der Waals surface area contributed by atoms with Gasteiger partial charge < -0.3 is 5.32 Å². The lowest BCUT2D eigenvalue weighted by Crippen LogP contribution is -2.18. The average Bonchev–Trinajstić information content (AvgIpc) is 2.63. The average molecular weight is 386 g/mol. The first-order chi connectivity index (χ1) is 12.2. The highest BCUT2D eigenvalue weighted by Gasteiger charge is 2.29. The molecule has 0 heterocycles. The minimum atomic E-state index is -4.39. The Bertz CT molecular complexity index is 846. The second kappa shape index (κ2) is 8.86. The highest BCUT2D eigenvalue weighted by atomic mass is 32.2. The van der Waals surface area contributed by atoms with Crippen LogP contribution < -0.4 is 10.0 Å². The van der Waals surface area contributed by atoms with Gasteiger partial charge in [0.2, 0.25) is 10.0 Å². The van der Waals surface area contributed by atoms with Crippen molar-refractivity contribution in [2.24, 2.45) is 0 Å². The van der Waals surface area contributed by atoms with E-state index in [2.05, 4.69) is 16.6 Å². The summed E-state index contributed by atoms with van der Waals surface area (Å²) in [4.78, 5) is 0.0675. The molecular weight excluding hydrogens is 365 g/mol. The molecule has 0 bridgehead atoms. The molecule has 0 unspecified atom stereocenters. The van der Waals surface area contributed by atoms with E-state index in [9.17, 15) is 21.6 Å². The number of rotatable bonds is 5. The van der Waals surface area contributed by atoms with Gasteiger partial charge in [0.05, 0.1) is 10.5 Å².